The predicted molar refractivity (Wildman–Crippen MR) is 97.5 cm³/mol. The summed E-state index contributed by atoms with van der Waals surface area (Å²) in [5, 5.41) is 0. The maximum atomic E-state index is 12.4. The molecule has 1 aliphatic carbocycles. The largest absolute Gasteiger partial charge is 0.279 e. The molecule has 23 heavy (non-hydrogen) atoms. The minimum atomic E-state index is -3.54. The first-order chi connectivity index (χ1) is 11.0. The molecular weight excluding hydrogens is 394 g/mol. The molecular formula is C17H12BrNO2S2. The van der Waals surface area contributed by atoms with E-state index in [9.17, 15) is 8.42 Å². The van der Waals surface area contributed by atoms with Gasteiger partial charge in [0, 0.05) is 5.69 Å². The number of hydrogen-bond donors (Lipinski definition) is 1. The third kappa shape index (κ3) is 2.71. The quantitative estimate of drug-likeness (QED) is 0.527. The lowest BCUT2D eigenvalue weighted by Crippen LogP contribution is -2.11. The number of halogens is 1. The minimum absolute atomic E-state index is 0.299. The van der Waals surface area contributed by atoms with E-state index in [-0.39, 0.29) is 0 Å². The fourth-order valence-electron chi connectivity index (χ4n) is 2.86. The Hall–Kier alpha value is -1.63. The lowest BCUT2D eigenvalue weighted by atomic mass is 10.1. The SMILES string of the molecule is O=S(=O)(Nc1ccc2c(c1)Cc1ccccc1-2)c1ccc(Br)s1. The first-order valence-electron chi connectivity index (χ1n) is 7.02. The van der Waals surface area contributed by atoms with Crippen LogP contribution in [0, 0.1) is 0 Å². The van der Waals surface area contributed by atoms with Gasteiger partial charge in [-0.15, -0.1) is 11.3 Å². The van der Waals surface area contributed by atoms with Crippen LogP contribution in [0.5, 0.6) is 0 Å². The molecule has 4 rings (SSSR count). The number of sulfonamides is 1. The highest BCUT2D eigenvalue weighted by Gasteiger charge is 2.20. The van der Waals surface area contributed by atoms with E-state index in [4.69, 9.17) is 0 Å². The monoisotopic (exact) mass is 405 g/mol. The van der Waals surface area contributed by atoms with Crippen molar-refractivity contribution in [3.8, 4) is 11.1 Å². The summed E-state index contributed by atoms with van der Waals surface area (Å²) >= 11 is 4.49. The first-order valence-corrected chi connectivity index (χ1v) is 10.1. The van der Waals surface area contributed by atoms with Crippen LogP contribution >= 0.6 is 27.3 Å². The number of benzene rings is 2. The maximum absolute atomic E-state index is 12.4. The summed E-state index contributed by atoms with van der Waals surface area (Å²) in [6.07, 6.45) is 0.839. The van der Waals surface area contributed by atoms with Gasteiger partial charge in [-0.2, -0.15) is 0 Å². The summed E-state index contributed by atoms with van der Waals surface area (Å²) in [6.45, 7) is 0. The molecule has 2 aromatic carbocycles. The Morgan fingerprint density at radius 1 is 0.957 bits per heavy atom. The zero-order valence-corrected chi connectivity index (χ0v) is 15.1. The van der Waals surface area contributed by atoms with E-state index >= 15 is 0 Å². The zero-order chi connectivity index (χ0) is 16.0. The molecule has 0 bridgehead atoms. The highest BCUT2D eigenvalue weighted by Crippen LogP contribution is 2.38. The van der Waals surface area contributed by atoms with E-state index < -0.39 is 10.0 Å². The molecule has 0 radical (unpaired) electrons. The molecule has 0 aliphatic heterocycles. The molecule has 3 aromatic rings. The Morgan fingerprint density at radius 2 is 1.74 bits per heavy atom. The lowest BCUT2D eigenvalue weighted by Gasteiger charge is -2.08. The van der Waals surface area contributed by atoms with Crippen LogP contribution in [0.2, 0.25) is 0 Å². The zero-order valence-electron chi connectivity index (χ0n) is 11.9. The van der Waals surface area contributed by atoms with Gasteiger partial charge in [0.2, 0.25) is 0 Å². The Kier molecular flexibility index (Phi) is 3.55. The molecule has 1 aromatic heterocycles. The number of anilines is 1. The van der Waals surface area contributed by atoms with Crippen LogP contribution in [0.4, 0.5) is 5.69 Å². The average Bonchev–Trinajstić information content (AvgIpc) is 3.10. The van der Waals surface area contributed by atoms with Gasteiger partial charge < -0.3 is 0 Å². The van der Waals surface area contributed by atoms with Gasteiger partial charge in [0.1, 0.15) is 4.21 Å². The van der Waals surface area contributed by atoms with Crippen molar-refractivity contribution in [2.24, 2.45) is 0 Å². The van der Waals surface area contributed by atoms with Gasteiger partial charge in [-0.1, -0.05) is 30.3 Å². The molecule has 1 heterocycles. The summed E-state index contributed by atoms with van der Waals surface area (Å²) in [7, 11) is -3.54. The highest BCUT2D eigenvalue weighted by atomic mass is 79.9. The summed E-state index contributed by atoms with van der Waals surface area (Å²) in [6, 6.07) is 17.3. The number of hydrogen-bond acceptors (Lipinski definition) is 3. The summed E-state index contributed by atoms with van der Waals surface area (Å²) in [5.41, 5.74) is 5.45. The van der Waals surface area contributed by atoms with E-state index in [1.807, 2.05) is 30.3 Å². The van der Waals surface area contributed by atoms with Crippen molar-refractivity contribution >= 4 is 43.0 Å². The van der Waals surface area contributed by atoms with E-state index in [1.165, 1.54) is 28.0 Å². The summed E-state index contributed by atoms with van der Waals surface area (Å²) in [4.78, 5) is 0. The van der Waals surface area contributed by atoms with Gasteiger partial charge in [-0.25, -0.2) is 8.42 Å². The number of rotatable bonds is 3. The van der Waals surface area contributed by atoms with Gasteiger partial charge in [-0.3, -0.25) is 4.72 Å². The molecule has 0 spiro atoms. The molecule has 116 valence electrons. The second kappa shape index (κ2) is 5.47. The van der Waals surface area contributed by atoms with Crippen molar-refractivity contribution in [2.45, 2.75) is 10.6 Å². The molecule has 0 atom stereocenters. The number of fused-ring (bicyclic) bond motifs is 3. The molecule has 3 nitrogen and oxygen atoms in total. The van der Waals surface area contributed by atoms with Crippen molar-refractivity contribution in [3.63, 3.8) is 0 Å². The van der Waals surface area contributed by atoms with Gasteiger partial charge in [0.05, 0.1) is 3.79 Å². The third-order valence-corrected chi connectivity index (χ3v) is 7.36. The van der Waals surface area contributed by atoms with Gasteiger partial charge >= 0.3 is 0 Å². The van der Waals surface area contributed by atoms with Gasteiger partial charge in [0.15, 0.2) is 0 Å². The van der Waals surface area contributed by atoms with Crippen LogP contribution in [0.25, 0.3) is 11.1 Å². The predicted octanol–water partition coefficient (Wildman–Crippen LogP) is 4.88. The van der Waals surface area contributed by atoms with Gasteiger partial charge in [0.25, 0.3) is 10.0 Å². The second-order valence-corrected chi connectivity index (χ2v) is 9.74. The molecule has 1 N–H and O–H groups in total. The van der Waals surface area contributed by atoms with E-state index in [1.54, 1.807) is 12.1 Å². The van der Waals surface area contributed by atoms with Crippen molar-refractivity contribution in [1.82, 2.24) is 0 Å². The number of thiophene rings is 1. The van der Waals surface area contributed by atoms with E-state index in [0.29, 0.717) is 9.90 Å². The Balaban J connectivity index is 1.67. The summed E-state index contributed by atoms with van der Waals surface area (Å²) < 4.78 is 28.6. The first kappa shape index (κ1) is 14.9. The maximum Gasteiger partial charge on any atom is 0.271 e. The topological polar surface area (TPSA) is 46.2 Å². The molecule has 0 saturated heterocycles. The average molecular weight is 406 g/mol. The van der Waals surface area contributed by atoms with Crippen LogP contribution in [0.1, 0.15) is 11.1 Å². The molecule has 0 saturated carbocycles. The van der Waals surface area contributed by atoms with Crippen molar-refractivity contribution < 1.29 is 8.42 Å². The van der Waals surface area contributed by atoms with Crippen LogP contribution in [-0.2, 0) is 16.4 Å². The fourth-order valence-corrected chi connectivity index (χ4v) is 5.92. The molecule has 0 amide bonds. The second-order valence-electron chi connectivity index (χ2n) is 5.37. The third-order valence-electron chi connectivity index (χ3n) is 3.86. The molecule has 6 heteroatoms. The minimum Gasteiger partial charge on any atom is -0.279 e. The standard InChI is InChI=1S/C17H12BrNO2S2/c18-16-7-8-17(22-16)23(20,21)19-13-5-6-15-12(10-13)9-11-3-1-2-4-14(11)15/h1-8,10,19H,9H2. The van der Waals surface area contributed by atoms with Crippen molar-refractivity contribution in [1.29, 1.82) is 0 Å². The van der Waals surface area contributed by atoms with Crippen molar-refractivity contribution in [3.05, 3.63) is 69.5 Å². The van der Waals surface area contributed by atoms with Crippen LogP contribution in [0.3, 0.4) is 0 Å². The van der Waals surface area contributed by atoms with Crippen molar-refractivity contribution in [2.75, 3.05) is 4.72 Å². The van der Waals surface area contributed by atoms with Gasteiger partial charge in [-0.05, 0) is 68.9 Å². The Labute approximate surface area is 147 Å². The normalized spacial score (nSPS) is 12.7. The fraction of sp³-hybridized carbons (Fsp3) is 0.0588. The van der Waals surface area contributed by atoms with E-state index in [0.717, 1.165) is 15.8 Å². The lowest BCUT2D eigenvalue weighted by molar-refractivity contribution is 0.603. The molecule has 0 unspecified atom stereocenters. The highest BCUT2D eigenvalue weighted by molar-refractivity contribution is 9.11. The summed E-state index contributed by atoms with van der Waals surface area (Å²) in [5.74, 6) is 0. The smallest absolute Gasteiger partial charge is 0.271 e. The van der Waals surface area contributed by atoms with Crippen LogP contribution in [0.15, 0.2) is 62.6 Å². The van der Waals surface area contributed by atoms with E-state index in [2.05, 4.69) is 32.8 Å². The number of nitrogens with one attached hydrogen (secondary N) is 1. The Morgan fingerprint density at radius 3 is 2.52 bits per heavy atom. The Bertz CT molecular complexity index is 1010. The van der Waals surface area contributed by atoms with Crippen LogP contribution in [-0.4, -0.2) is 8.42 Å². The molecule has 0 fully saturated rings. The molecule has 1 aliphatic rings. The van der Waals surface area contributed by atoms with Crippen LogP contribution < -0.4 is 4.72 Å².